The summed E-state index contributed by atoms with van der Waals surface area (Å²) < 4.78 is 0. The van der Waals surface area contributed by atoms with E-state index >= 15 is 0 Å². The van der Waals surface area contributed by atoms with E-state index in [-0.39, 0.29) is 0 Å². The van der Waals surface area contributed by atoms with E-state index in [2.05, 4.69) is 47.2 Å². The molecule has 0 saturated carbocycles. The van der Waals surface area contributed by atoms with Crippen LogP contribution in [0.25, 0.3) is 0 Å². The standard InChI is InChI=1S/C15H26N4/c1-12-8-13(9-16-2)10-17-15(12)19-7-5-6-14(11-19)18(3)4/h8,10,14,16H,5-7,9,11H2,1-4H3. The lowest BCUT2D eigenvalue weighted by Crippen LogP contribution is -2.45. The van der Waals surface area contributed by atoms with Gasteiger partial charge in [-0.2, -0.15) is 0 Å². The van der Waals surface area contributed by atoms with Crippen molar-refractivity contribution in [3.8, 4) is 0 Å². The Balaban J connectivity index is 2.12. The molecule has 1 aliphatic heterocycles. The molecule has 0 aromatic carbocycles. The van der Waals surface area contributed by atoms with Gasteiger partial charge in [0.25, 0.3) is 0 Å². The summed E-state index contributed by atoms with van der Waals surface area (Å²) in [4.78, 5) is 9.45. The van der Waals surface area contributed by atoms with Gasteiger partial charge >= 0.3 is 0 Å². The number of aryl methyl sites for hydroxylation is 1. The zero-order chi connectivity index (χ0) is 13.8. The maximum atomic E-state index is 4.68. The van der Waals surface area contributed by atoms with Crippen molar-refractivity contribution in [3.63, 3.8) is 0 Å². The van der Waals surface area contributed by atoms with Crippen LogP contribution in [0.1, 0.15) is 24.0 Å². The molecule has 0 amide bonds. The largest absolute Gasteiger partial charge is 0.355 e. The van der Waals surface area contributed by atoms with Crippen LogP contribution in [0.4, 0.5) is 5.82 Å². The third kappa shape index (κ3) is 3.45. The number of likely N-dealkylation sites (N-methyl/N-ethyl adjacent to an activating group) is 1. The summed E-state index contributed by atoms with van der Waals surface area (Å²) in [5.41, 5.74) is 2.54. The van der Waals surface area contributed by atoms with Crippen LogP contribution < -0.4 is 10.2 Å². The maximum absolute atomic E-state index is 4.68. The molecule has 1 fully saturated rings. The van der Waals surface area contributed by atoms with Crippen molar-refractivity contribution in [1.82, 2.24) is 15.2 Å². The lowest BCUT2D eigenvalue weighted by Gasteiger charge is -2.37. The first-order valence-corrected chi connectivity index (χ1v) is 7.13. The zero-order valence-corrected chi connectivity index (χ0v) is 12.6. The number of pyridine rings is 1. The molecule has 0 aliphatic carbocycles. The second kappa shape index (κ2) is 6.35. The van der Waals surface area contributed by atoms with Crippen LogP contribution in [0.2, 0.25) is 0 Å². The van der Waals surface area contributed by atoms with Crippen LogP contribution >= 0.6 is 0 Å². The van der Waals surface area contributed by atoms with E-state index in [1.807, 2.05) is 13.2 Å². The average Bonchev–Trinajstić information content (AvgIpc) is 2.39. The third-order valence-corrected chi connectivity index (χ3v) is 3.91. The minimum absolute atomic E-state index is 0.645. The number of nitrogens with zero attached hydrogens (tertiary/aromatic N) is 3. The van der Waals surface area contributed by atoms with Crippen molar-refractivity contribution in [2.24, 2.45) is 0 Å². The molecule has 4 nitrogen and oxygen atoms in total. The third-order valence-electron chi connectivity index (χ3n) is 3.91. The predicted octanol–water partition coefficient (Wildman–Crippen LogP) is 1.64. The summed E-state index contributed by atoms with van der Waals surface area (Å²) >= 11 is 0. The number of piperidine rings is 1. The quantitative estimate of drug-likeness (QED) is 0.894. The molecule has 19 heavy (non-hydrogen) atoms. The smallest absolute Gasteiger partial charge is 0.131 e. The van der Waals surface area contributed by atoms with Gasteiger partial charge in [-0.25, -0.2) is 4.98 Å². The summed E-state index contributed by atoms with van der Waals surface area (Å²) in [6.45, 7) is 5.27. The molecule has 1 N–H and O–H groups in total. The molecule has 4 heteroatoms. The molecule has 2 heterocycles. The van der Waals surface area contributed by atoms with E-state index < -0.39 is 0 Å². The summed E-state index contributed by atoms with van der Waals surface area (Å²) in [6, 6.07) is 2.89. The first-order chi connectivity index (χ1) is 9.11. The van der Waals surface area contributed by atoms with Crippen LogP contribution in [0.3, 0.4) is 0 Å². The number of hydrogen-bond acceptors (Lipinski definition) is 4. The van der Waals surface area contributed by atoms with E-state index in [9.17, 15) is 0 Å². The van der Waals surface area contributed by atoms with Gasteiger partial charge in [0, 0.05) is 31.9 Å². The highest BCUT2D eigenvalue weighted by atomic mass is 15.2. The molecular weight excluding hydrogens is 236 g/mol. The summed E-state index contributed by atoms with van der Waals surface area (Å²) in [6.07, 6.45) is 4.54. The van der Waals surface area contributed by atoms with Gasteiger partial charge < -0.3 is 15.1 Å². The number of aromatic nitrogens is 1. The van der Waals surface area contributed by atoms with E-state index in [0.29, 0.717) is 6.04 Å². The topological polar surface area (TPSA) is 31.4 Å². The molecule has 1 aliphatic rings. The predicted molar refractivity (Wildman–Crippen MR) is 80.7 cm³/mol. The van der Waals surface area contributed by atoms with Gasteiger partial charge in [0.2, 0.25) is 0 Å². The Labute approximate surface area is 116 Å². The fourth-order valence-electron chi connectivity index (χ4n) is 2.83. The molecule has 0 radical (unpaired) electrons. The van der Waals surface area contributed by atoms with Gasteiger partial charge in [0.1, 0.15) is 5.82 Å². The minimum atomic E-state index is 0.645. The molecule has 1 saturated heterocycles. The lowest BCUT2D eigenvalue weighted by molar-refractivity contribution is 0.257. The fourth-order valence-corrected chi connectivity index (χ4v) is 2.83. The highest BCUT2D eigenvalue weighted by molar-refractivity contribution is 5.48. The van der Waals surface area contributed by atoms with Gasteiger partial charge in [-0.15, -0.1) is 0 Å². The number of hydrogen-bond donors (Lipinski definition) is 1. The van der Waals surface area contributed by atoms with E-state index in [1.165, 1.54) is 24.0 Å². The Morgan fingerprint density at radius 3 is 2.89 bits per heavy atom. The molecule has 0 bridgehead atoms. The normalized spacial score (nSPS) is 20.1. The van der Waals surface area contributed by atoms with E-state index in [0.717, 1.165) is 25.5 Å². The fraction of sp³-hybridized carbons (Fsp3) is 0.667. The molecule has 2 rings (SSSR count). The molecular formula is C15H26N4. The maximum Gasteiger partial charge on any atom is 0.131 e. The van der Waals surface area contributed by atoms with Crippen LogP contribution in [0, 0.1) is 6.92 Å². The van der Waals surface area contributed by atoms with Crippen molar-refractivity contribution in [2.45, 2.75) is 32.4 Å². The first-order valence-electron chi connectivity index (χ1n) is 7.13. The minimum Gasteiger partial charge on any atom is -0.355 e. The van der Waals surface area contributed by atoms with Gasteiger partial charge in [0.15, 0.2) is 0 Å². The summed E-state index contributed by atoms with van der Waals surface area (Å²) in [7, 11) is 6.31. The Morgan fingerprint density at radius 2 is 2.26 bits per heavy atom. The average molecular weight is 262 g/mol. The second-order valence-electron chi connectivity index (χ2n) is 5.72. The molecule has 1 aromatic heterocycles. The van der Waals surface area contributed by atoms with Crippen molar-refractivity contribution in [3.05, 3.63) is 23.4 Å². The molecule has 1 unspecified atom stereocenters. The van der Waals surface area contributed by atoms with Crippen LogP contribution in [0.5, 0.6) is 0 Å². The lowest BCUT2D eigenvalue weighted by atomic mass is 10.0. The van der Waals surface area contributed by atoms with Gasteiger partial charge in [-0.05, 0) is 58.1 Å². The Hall–Kier alpha value is -1.13. The molecule has 0 spiro atoms. The van der Waals surface area contributed by atoms with Gasteiger partial charge in [0.05, 0.1) is 0 Å². The number of nitrogens with one attached hydrogen (secondary N) is 1. The van der Waals surface area contributed by atoms with E-state index in [4.69, 9.17) is 0 Å². The highest BCUT2D eigenvalue weighted by Crippen LogP contribution is 2.23. The van der Waals surface area contributed by atoms with Crippen LogP contribution in [0.15, 0.2) is 12.3 Å². The Kier molecular flexibility index (Phi) is 4.77. The SMILES string of the molecule is CNCc1cnc(N2CCCC(N(C)C)C2)c(C)c1. The first kappa shape index (κ1) is 14.3. The molecule has 1 atom stereocenters. The molecule has 106 valence electrons. The van der Waals surface area contributed by atoms with Crippen LogP contribution in [-0.4, -0.2) is 50.2 Å². The number of anilines is 1. The van der Waals surface area contributed by atoms with Crippen LogP contribution in [-0.2, 0) is 6.54 Å². The zero-order valence-electron chi connectivity index (χ0n) is 12.6. The van der Waals surface area contributed by atoms with Crippen molar-refractivity contribution < 1.29 is 0 Å². The summed E-state index contributed by atoms with van der Waals surface area (Å²) in [5, 5.41) is 3.17. The Bertz CT molecular complexity index is 417. The molecule has 1 aromatic rings. The van der Waals surface area contributed by atoms with Gasteiger partial charge in [-0.1, -0.05) is 0 Å². The van der Waals surface area contributed by atoms with Crippen molar-refractivity contribution in [1.29, 1.82) is 0 Å². The second-order valence-corrected chi connectivity index (χ2v) is 5.72. The van der Waals surface area contributed by atoms with Gasteiger partial charge in [-0.3, -0.25) is 0 Å². The number of rotatable bonds is 4. The van der Waals surface area contributed by atoms with Crippen molar-refractivity contribution >= 4 is 5.82 Å². The highest BCUT2D eigenvalue weighted by Gasteiger charge is 2.23. The Morgan fingerprint density at radius 1 is 1.47 bits per heavy atom. The monoisotopic (exact) mass is 262 g/mol. The summed E-state index contributed by atoms with van der Waals surface area (Å²) in [5.74, 6) is 1.16. The van der Waals surface area contributed by atoms with E-state index in [1.54, 1.807) is 0 Å². The van der Waals surface area contributed by atoms with Crippen molar-refractivity contribution in [2.75, 3.05) is 39.1 Å².